The molecule has 3 nitrogen and oxygen atoms in total. The van der Waals surface area contributed by atoms with Crippen LogP contribution in [0.15, 0.2) is 24.3 Å². The minimum atomic E-state index is 0.580. The lowest BCUT2D eigenvalue weighted by atomic mass is 10.1. The van der Waals surface area contributed by atoms with Crippen molar-refractivity contribution >= 4 is 17.3 Å². The van der Waals surface area contributed by atoms with E-state index in [1.54, 1.807) is 0 Å². The number of rotatable bonds is 8. The zero-order chi connectivity index (χ0) is 15.1. The molecule has 0 fully saturated rings. The Hall–Kier alpha value is -1.48. The fourth-order valence-corrected chi connectivity index (χ4v) is 2.50. The largest absolute Gasteiger partial charge is 0.379 e. The number of aromatic nitrogens is 2. The first kappa shape index (κ1) is 15.9. The number of anilines is 1. The summed E-state index contributed by atoms with van der Waals surface area (Å²) in [7, 11) is 0. The van der Waals surface area contributed by atoms with Crippen LogP contribution in [0.3, 0.4) is 0 Å². The molecule has 0 bridgehead atoms. The Labute approximate surface area is 132 Å². The van der Waals surface area contributed by atoms with E-state index in [1.165, 1.54) is 12.0 Å². The van der Waals surface area contributed by atoms with Crippen molar-refractivity contribution in [2.24, 2.45) is 0 Å². The third-order valence-electron chi connectivity index (χ3n) is 3.51. The van der Waals surface area contributed by atoms with Gasteiger partial charge in [-0.2, -0.15) is 0 Å². The van der Waals surface area contributed by atoms with Crippen LogP contribution < -0.4 is 5.32 Å². The Morgan fingerprint density at radius 2 is 1.86 bits per heavy atom. The Kier molecular flexibility index (Phi) is 6.12. The highest BCUT2D eigenvalue weighted by atomic mass is 35.5. The highest BCUT2D eigenvalue weighted by Crippen LogP contribution is 2.17. The lowest BCUT2D eigenvalue weighted by Gasteiger charge is -2.06. The molecular weight excluding hydrogens is 282 g/mol. The Bertz CT molecular complexity index is 546. The fraction of sp³-hybridized carbons (Fsp3) is 0.471. The number of H-pyrrole nitrogens is 1. The standard InChI is InChI=1S/C17H24ClN3/c1-3-5-7-16-20-15(17(18)21-16)12-19-14-10-8-13(6-4-2)9-11-14/h8-11,19H,3-7,12H2,1-2H3,(H,20,21). The Balaban J connectivity index is 1.91. The SMILES string of the molecule is CCCCc1nc(Cl)c(CNc2ccc(CCC)cc2)[nH]1. The van der Waals surface area contributed by atoms with Gasteiger partial charge in [0.25, 0.3) is 0 Å². The van der Waals surface area contributed by atoms with Crippen LogP contribution in [-0.4, -0.2) is 9.97 Å². The van der Waals surface area contributed by atoms with Gasteiger partial charge in [0.2, 0.25) is 0 Å². The van der Waals surface area contributed by atoms with Crippen LogP contribution in [0.4, 0.5) is 5.69 Å². The van der Waals surface area contributed by atoms with Crippen LogP contribution in [0.2, 0.25) is 5.15 Å². The average molecular weight is 306 g/mol. The van der Waals surface area contributed by atoms with Crippen molar-refractivity contribution in [1.29, 1.82) is 0 Å². The Morgan fingerprint density at radius 3 is 2.52 bits per heavy atom. The number of hydrogen-bond donors (Lipinski definition) is 2. The molecule has 0 aliphatic carbocycles. The normalized spacial score (nSPS) is 10.8. The molecule has 4 heteroatoms. The van der Waals surface area contributed by atoms with Gasteiger partial charge in [-0.05, 0) is 30.5 Å². The van der Waals surface area contributed by atoms with E-state index in [4.69, 9.17) is 11.6 Å². The van der Waals surface area contributed by atoms with Crippen LogP contribution in [0, 0.1) is 0 Å². The maximum Gasteiger partial charge on any atom is 0.152 e. The topological polar surface area (TPSA) is 40.7 Å². The molecule has 0 aliphatic heterocycles. The number of nitrogens with one attached hydrogen (secondary N) is 2. The van der Waals surface area contributed by atoms with E-state index >= 15 is 0 Å². The first-order chi connectivity index (χ1) is 10.2. The zero-order valence-corrected chi connectivity index (χ0v) is 13.6. The molecule has 0 saturated carbocycles. The van der Waals surface area contributed by atoms with Gasteiger partial charge in [-0.25, -0.2) is 4.98 Å². The summed E-state index contributed by atoms with van der Waals surface area (Å²) >= 11 is 6.17. The van der Waals surface area contributed by atoms with Gasteiger partial charge >= 0.3 is 0 Å². The summed E-state index contributed by atoms with van der Waals surface area (Å²) in [6.45, 7) is 5.04. The lowest BCUT2D eigenvalue weighted by Crippen LogP contribution is -2.00. The smallest absolute Gasteiger partial charge is 0.152 e. The molecule has 0 atom stereocenters. The maximum absolute atomic E-state index is 6.17. The van der Waals surface area contributed by atoms with Crippen LogP contribution in [-0.2, 0) is 19.4 Å². The van der Waals surface area contributed by atoms with Crippen molar-refractivity contribution in [2.75, 3.05) is 5.32 Å². The monoisotopic (exact) mass is 305 g/mol. The van der Waals surface area contributed by atoms with Crippen molar-refractivity contribution in [3.05, 3.63) is 46.5 Å². The van der Waals surface area contributed by atoms with E-state index in [2.05, 4.69) is 53.4 Å². The number of aryl methyl sites for hydroxylation is 2. The molecule has 0 radical (unpaired) electrons. The summed E-state index contributed by atoms with van der Waals surface area (Å²) < 4.78 is 0. The van der Waals surface area contributed by atoms with Crippen molar-refractivity contribution in [2.45, 2.75) is 52.5 Å². The summed E-state index contributed by atoms with van der Waals surface area (Å²) in [6, 6.07) is 8.58. The van der Waals surface area contributed by atoms with Crippen molar-refractivity contribution in [1.82, 2.24) is 9.97 Å². The molecular formula is C17H24ClN3. The fourth-order valence-electron chi connectivity index (χ4n) is 2.29. The summed E-state index contributed by atoms with van der Waals surface area (Å²) in [4.78, 5) is 7.68. The molecule has 1 aromatic heterocycles. The predicted octanol–water partition coefficient (Wildman–Crippen LogP) is 4.97. The van der Waals surface area contributed by atoms with Crippen LogP contribution in [0.5, 0.6) is 0 Å². The minimum absolute atomic E-state index is 0.580. The first-order valence-electron chi connectivity index (χ1n) is 7.79. The number of hydrogen-bond acceptors (Lipinski definition) is 2. The highest BCUT2D eigenvalue weighted by molar-refractivity contribution is 6.30. The second-order valence-electron chi connectivity index (χ2n) is 5.36. The van der Waals surface area contributed by atoms with Crippen molar-refractivity contribution < 1.29 is 0 Å². The van der Waals surface area contributed by atoms with Gasteiger partial charge in [0.05, 0.1) is 12.2 Å². The minimum Gasteiger partial charge on any atom is -0.379 e. The second kappa shape index (κ2) is 8.08. The molecule has 2 N–H and O–H groups in total. The maximum atomic E-state index is 6.17. The van der Waals surface area contributed by atoms with E-state index in [0.717, 1.165) is 42.9 Å². The molecule has 1 aromatic carbocycles. The lowest BCUT2D eigenvalue weighted by molar-refractivity contribution is 0.760. The summed E-state index contributed by atoms with van der Waals surface area (Å²) in [5.74, 6) is 0.983. The van der Waals surface area contributed by atoms with Gasteiger partial charge in [0.15, 0.2) is 5.15 Å². The van der Waals surface area contributed by atoms with Crippen LogP contribution in [0.1, 0.15) is 50.2 Å². The van der Waals surface area contributed by atoms with Gasteiger partial charge in [-0.15, -0.1) is 0 Å². The number of halogens is 1. The number of nitrogens with zero attached hydrogens (tertiary/aromatic N) is 1. The molecule has 0 aliphatic rings. The number of imidazole rings is 1. The summed E-state index contributed by atoms with van der Waals surface area (Å²) in [5, 5.41) is 3.96. The van der Waals surface area contributed by atoms with E-state index in [9.17, 15) is 0 Å². The van der Waals surface area contributed by atoms with E-state index in [-0.39, 0.29) is 0 Å². The van der Waals surface area contributed by atoms with Gasteiger partial charge in [-0.3, -0.25) is 0 Å². The molecule has 0 spiro atoms. The van der Waals surface area contributed by atoms with E-state index in [0.29, 0.717) is 11.7 Å². The van der Waals surface area contributed by atoms with Crippen molar-refractivity contribution in [3.63, 3.8) is 0 Å². The summed E-state index contributed by atoms with van der Waals surface area (Å²) in [6.07, 6.45) is 5.57. The van der Waals surface area contributed by atoms with Gasteiger partial charge in [0.1, 0.15) is 5.82 Å². The predicted molar refractivity (Wildman–Crippen MR) is 90.0 cm³/mol. The summed E-state index contributed by atoms with van der Waals surface area (Å²) in [5.41, 5.74) is 3.44. The number of unbranched alkanes of at least 4 members (excludes halogenated alkanes) is 1. The molecule has 0 amide bonds. The molecule has 1 heterocycles. The molecule has 0 unspecified atom stereocenters. The molecule has 21 heavy (non-hydrogen) atoms. The molecule has 0 saturated heterocycles. The average Bonchev–Trinajstić information content (AvgIpc) is 2.85. The van der Waals surface area contributed by atoms with E-state index in [1.807, 2.05) is 0 Å². The highest BCUT2D eigenvalue weighted by Gasteiger charge is 2.07. The number of benzene rings is 1. The molecule has 2 rings (SSSR count). The van der Waals surface area contributed by atoms with Gasteiger partial charge in [0, 0.05) is 12.1 Å². The van der Waals surface area contributed by atoms with Crippen LogP contribution in [0.25, 0.3) is 0 Å². The van der Waals surface area contributed by atoms with Crippen LogP contribution >= 0.6 is 11.6 Å². The quantitative estimate of drug-likeness (QED) is 0.723. The van der Waals surface area contributed by atoms with Crippen molar-refractivity contribution in [3.8, 4) is 0 Å². The third-order valence-corrected chi connectivity index (χ3v) is 3.82. The van der Waals surface area contributed by atoms with Gasteiger partial charge < -0.3 is 10.3 Å². The molecule has 114 valence electrons. The number of aromatic amines is 1. The van der Waals surface area contributed by atoms with Gasteiger partial charge in [-0.1, -0.05) is 50.4 Å². The zero-order valence-electron chi connectivity index (χ0n) is 12.9. The Morgan fingerprint density at radius 1 is 1.10 bits per heavy atom. The first-order valence-corrected chi connectivity index (χ1v) is 8.16. The second-order valence-corrected chi connectivity index (χ2v) is 5.71. The van der Waals surface area contributed by atoms with E-state index < -0.39 is 0 Å². The molecule has 2 aromatic rings. The third kappa shape index (κ3) is 4.78.